The molecule has 8 nitrogen and oxygen atoms in total. The minimum absolute atomic E-state index is 0.0249. The van der Waals surface area contributed by atoms with Crippen LogP contribution in [0.25, 0.3) is 0 Å². The highest BCUT2D eigenvalue weighted by Crippen LogP contribution is 2.69. The number of carbonyl (C=O) groups is 3. The highest BCUT2D eigenvalue weighted by Gasteiger charge is 2.68. The van der Waals surface area contributed by atoms with Crippen molar-refractivity contribution in [2.24, 2.45) is 51.8 Å². The van der Waals surface area contributed by atoms with Crippen molar-refractivity contribution < 1.29 is 38.8 Å². The number of hydrogen-bond acceptors (Lipinski definition) is 8. The van der Waals surface area contributed by atoms with Crippen molar-refractivity contribution in [2.75, 3.05) is 0 Å². The lowest BCUT2D eigenvalue weighted by molar-refractivity contribution is -0.227. The molecule has 2 N–H and O–H groups in total. The van der Waals surface area contributed by atoms with Gasteiger partial charge in [0.05, 0.1) is 24.0 Å². The van der Waals surface area contributed by atoms with Crippen molar-refractivity contribution in [1.29, 1.82) is 0 Å². The van der Waals surface area contributed by atoms with Crippen LogP contribution in [0.5, 0.6) is 0 Å². The zero-order valence-corrected chi connectivity index (χ0v) is 27.5. The number of rotatable bonds is 7. The first-order chi connectivity index (χ1) is 20.1. The third kappa shape index (κ3) is 5.89. The number of carbonyl (C=O) groups excluding carboxylic acids is 3. The van der Waals surface area contributed by atoms with Gasteiger partial charge in [0.1, 0.15) is 18.3 Å². The van der Waals surface area contributed by atoms with E-state index in [4.69, 9.17) is 14.2 Å². The number of cyclic esters (lactones) is 1. The maximum atomic E-state index is 13.7. The quantitative estimate of drug-likeness (QED) is 0.285. The number of fused-ring (bicyclic) bond motifs is 5. The Morgan fingerprint density at radius 1 is 1.02 bits per heavy atom. The van der Waals surface area contributed by atoms with E-state index < -0.39 is 11.5 Å². The van der Waals surface area contributed by atoms with E-state index in [2.05, 4.69) is 20.8 Å². The molecule has 13 atom stereocenters. The number of aliphatic hydroxyl groups is 2. The monoisotopic (exact) mass is 604 g/mol. The van der Waals surface area contributed by atoms with Crippen molar-refractivity contribution >= 4 is 17.9 Å². The van der Waals surface area contributed by atoms with Crippen molar-refractivity contribution in [3.05, 3.63) is 0 Å². The molecular formula is C35H56O8. The van der Waals surface area contributed by atoms with Crippen LogP contribution < -0.4 is 0 Å². The minimum atomic E-state index is -0.666. The lowest BCUT2D eigenvalue weighted by Crippen LogP contribution is -2.63. The summed E-state index contributed by atoms with van der Waals surface area (Å²) in [6.07, 6.45) is 5.88. The molecule has 8 heteroatoms. The molecule has 0 radical (unpaired) electrons. The van der Waals surface area contributed by atoms with E-state index in [-0.39, 0.29) is 95.1 Å². The van der Waals surface area contributed by atoms with Gasteiger partial charge in [0.15, 0.2) is 0 Å². The summed E-state index contributed by atoms with van der Waals surface area (Å²) in [6, 6.07) is 0. The van der Waals surface area contributed by atoms with Crippen LogP contribution in [-0.4, -0.2) is 58.6 Å². The van der Waals surface area contributed by atoms with Crippen LogP contribution in [0.4, 0.5) is 0 Å². The fourth-order valence-electron chi connectivity index (χ4n) is 10.6. The molecule has 1 aliphatic heterocycles. The van der Waals surface area contributed by atoms with Gasteiger partial charge in [-0.05, 0) is 107 Å². The highest BCUT2D eigenvalue weighted by molar-refractivity contribution is 5.76. The number of esters is 3. The van der Waals surface area contributed by atoms with Gasteiger partial charge in [0, 0.05) is 24.7 Å². The average Bonchev–Trinajstić information content (AvgIpc) is 3.27. The molecule has 0 aromatic carbocycles. The van der Waals surface area contributed by atoms with Gasteiger partial charge in [0.2, 0.25) is 0 Å². The molecule has 5 fully saturated rings. The van der Waals surface area contributed by atoms with E-state index in [0.717, 1.165) is 44.9 Å². The van der Waals surface area contributed by atoms with Crippen LogP contribution in [0.3, 0.4) is 0 Å². The molecular weight excluding hydrogens is 548 g/mol. The summed E-state index contributed by atoms with van der Waals surface area (Å²) in [4.78, 5) is 38.3. The largest absolute Gasteiger partial charge is 0.462 e. The van der Waals surface area contributed by atoms with Crippen molar-refractivity contribution in [1.82, 2.24) is 0 Å². The second-order valence-corrected chi connectivity index (χ2v) is 16.1. The summed E-state index contributed by atoms with van der Waals surface area (Å²) in [6.45, 7) is 14.3. The summed E-state index contributed by atoms with van der Waals surface area (Å²) in [5.74, 6) is 0.464. The minimum Gasteiger partial charge on any atom is -0.462 e. The first kappa shape index (κ1) is 32.7. The topological polar surface area (TPSA) is 119 Å². The Morgan fingerprint density at radius 2 is 1.74 bits per heavy atom. The zero-order chi connectivity index (χ0) is 31.5. The van der Waals surface area contributed by atoms with Crippen molar-refractivity contribution in [3.63, 3.8) is 0 Å². The zero-order valence-electron chi connectivity index (χ0n) is 27.5. The van der Waals surface area contributed by atoms with Crippen LogP contribution in [0, 0.1) is 51.8 Å². The van der Waals surface area contributed by atoms with Crippen LogP contribution in [0.1, 0.15) is 119 Å². The summed E-state index contributed by atoms with van der Waals surface area (Å²) in [7, 11) is 0. The number of aliphatic hydroxyl groups excluding tert-OH is 2. The number of hydrogen-bond donors (Lipinski definition) is 2. The normalized spacial score (nSPS) is 45.2. The Labute approximate surface area is 258 Å². The molecule has 0 aromatic heterocycles. The van der Waals surface area contributed by atoms with Crippen LogP contribution in [0.15, 0.2) is 0 Å². The smallest absolute Gasteiger partial charge is 0.311 e. The lowest BCUT2D eigenvalue weighted by Gasteiger charge is -2.64. The SMILES string of the molecule is CCC(C)(C)C(=O)O[C@H]1C[C@H]2[C@@H]([C@H](OC(C)=O)C[C@@H]3C[C@H](O)CC[C@@]32C)[C@@H]2CC[C@H]([C@H](C)C[C@@H]3C[C@@H](O)CC(=O)O3)[C@@]12C. The van der Waals surface area contributed by atoms with E-state index in [1.54, 1.807) is 0 Å². The summed E-state index contributed by atoms with van der Waals surface area (Å²) in [5, 5.41) is 20.9. The van der Waals surface area contributed by atoms with Crippen molar-refractivity contribution in [3.8, 4) is 0 Å². The van der Waals surface area contributed by atoms with Gasteiger partial charge in [-0.3, -0.25) is 14.4 Å². The molecule has 1 heterocycles. The molecule has 4 saturated carbocycles. The summed E-state index contributed by atoms with van der Waals surface area (Å²) in [5.41, 5.74) is -0.959. The maximum absolute atomic E-state index is 13.7. The van der Waals surface area contributed by atoms with Crippen LogP contribution >= 0.6 is 0 Å². The Kier molecular flexibility index (Phi) is 9.07. The van der Waals surface area contributed by atoms with E-state index in [0.29, 0.717) is 19.3 Å². The molecule has 1 saturated heterocycles. The Balaban J connectivity index is 1.52. The molecule has 0 unspecified atom stereocenters. The fraction of sp³-hybridized carbons (Fsp3) is 0.914. The Hall–Kier alpha value is -1.67. The lowest BCUT2D eigenvalue weighted by atomic mass is 9.43. The second-order valence-electron chi connectivity index (χ2n) is 16.1. The van der Waals surface area contributed by atoms with Gasteiger partial charge < -0.3 is 24.4 Å². The van der Waals surface area contributed by atoms with Crippen LogP contribution in [-0.2, 0) is 28.6 Å². The predicted molar refractivity (Wildman–Crippen MR) is 160 cm³/mol. The van der Waals surface area contributed by atoms with E-state index in [1.807, 2.05) is 20.8 Å². The Bertz CT molecular complexity index is 1070. The van der Waals surface area contributed by atoms with E-state index in [1.165, 1.54) is 6.92 Å². The fourth-order valence-corrected chi connectivity index (χ4v) is 10.6. The van der Waals surface area contributed by atoms with Gasteiger partial charge in [-0.25, -0.2) is 0 Å². The van der Waals surface area contributed by atoms with Gasteiger partial charge >= 0.3 is 17.9 Å². The molecule has 5 aliphatic rings. The predicted octanol–water partition coefficient (Wildman–Crippen LogP) is 5.60. The third-order valence-electron chi connectivity index (χ3n) is 13.3. The number of ether oxygens (including phenoxy) is 3. The average molecular weight is 605 g/mol. The van der Waals surface area contributed by atoms with Gasteiger partial charge in [0.25, 0.3) is 0 Å². The van der Waals surface area contributed by atoms with Crippen molar-refractivity contribution in [2.45, 2.75) is 150 Å². The van der Waals surface area contributed by atoms with Gasteiger partial charge in [-0.1, -0.05) is 27.7 Å². The molecule has 0 spiro atoms. The molecule has 5 rings (SSSR count). The molecule has 0 amide bonds. The van der Waals surface area contributed by atoms with E-state index in [9.17, 15) is 24.6 Å². The van der Waals surface area contributed by atoms with Gasteiger partial charge in [-0.15, -0.1) is 0 Å². The first-order valence-electron chi connectivity index (χ1n) is 17.0. The molecule has 0 bridgehead atoms. The highest BCUT2D eigenvalue weighted by atomic mass is 16.6. The Morgan fingerprint density at radius 3 is 2.40 bits per heavy atom. The summed E-state index contributed by atoms with van der Waals surface area (Å²) >= 11 is 0. The van der Waals surface area contributed by atoms with Crippen LogP contribution in [0.2, 0.25) is 0 Å². The summed E-state index contributed by atoms with van der Waals surface area (Å²) < 4.78 is 18.5. The molecule has 244 valence electrons. The molecule has 0 aromatic rings. The molecule has 4 aliphatic carbocycles. The second kappa shape index (κ2) is 11.9. The standard InChI is InChI=1S/C35H56O8/c1-8-33(4,5)32(40)43-29-18-27-31(28(41-20(3)36)15-21-14-22(37)11-12-34(21,27)6)26-10-9-25(35(26,29)7)19(2)13-24-16-23(38)17-30(39)42-24/h19,21-29,31,37-38H,8-18H2,1-7H3/t19-,21+,22-,23-,24-,25-,26+,27+,28-,29+,31+,34+,35-/m1/s1. The first-order valence-corrected chi connectivity index (χ1v) is 17.0. The maximum Gasteiger partial charge on any atom is 0.311 e. The molecule has 43 heavy (non-hydrogen) atoms. The van der Waals surface area contributed by atoms with Gasteiger partial charge in [-0.2, -0.15) is 0 Å². The third-order valence-corrected chi connectivity index (χ3v) is 13.3. The van der Waals surface area contributed by atoms with E-state index >= 15 is 0 Å².